The van der Waals surface area contributed by atoms with E-state index in [0.29, 0.717) is 6.04 Å². The molecule has 0 saturated carbocycles. The van der Waals surface area contributed by atoms with Crippen molar-refractivity contribution in [3.05, 3.63) is 42.2 Å². The largest absolute Gasteiger partial charge is 0.385 e. The molecule has 1 N–H and O–H groups in total. The second-order valence-corrected chi connectivity index (χ2v) is 4.07. The molecular formula is C14H18N2O. The van der Waals surface area contributed by atoms with E-state index in [9.17, 15) is 0 Å². The molecule has 17 heavy (non-hydrogen) atoms. The Morgan fingerprint density at radius 1 is 1.35 bits per heavy atom. The molecule has 0 amide bonds. The standard InChI is InChI=1S/C14H18N2O/c1-15-14(7-9-17-2)12-5-3-4-11-6-8-16-10-13(11)12/h3-6,8,10,14-15H,7,9H2,1-2H3. The van der Waals surface area contributed by atoms with Crippen molar-refractivity contribution < 1.29 is 4.74 Å². The van der Waals surface area contributed by atoms with Crippen LogP contribution in [0.4, 0.5) is 0 Å². The highest BCUT2D eigenvalue weighted by atomic mass is 16.5. The van der Waals surface area contributed by atoms with Crippen LogP contribution in [0.1, 0.15) is 18.0 Å². The predicted molar refractivity (Wildman–Crippen MR) is 70.0 cm³/mol. The van der Waals surface area contributed by atoms with Crippen molar-refractivity contribution in [1.29, 1.82) is 0 Å². The van der Waals surface area contributed by atoms with Crippen molar-refractivity contribution in [2.24, 2.45) is 0 Å². The van der Waals surface area contributed by atoms with E-state index in [1.807, 2.05) is 25.5 Å². The number of hydrogen-bond acceptors (Lipinski definition) is 3. The van der Waals surface area contributed by atoms with Crippen molar-refractivity contribution in [3.63, 3.8) is 0 Å². The summed E-state index contributed by atoms with van der Waals surface area (Å²) >= 11 is 0. The molecular weight excluding hydrogens is 212 g/mol. The van der Waals surface area contributed by atoms with E-state index >= 15 is 0 Å². The molecule has 0 aliphatic carbocycles. The van der Waals surface area contributed by atoms with E-state index in [1.54, 1.807) is 7.11 Å². The van der Waals surface area contributed by atoms with Gasteiger partial charge in [-0.1, -0.05) is 18.2 Å². The monoisotopic (exact) mass is 230 g/mol. The van der Waals surface area contributed by atoms with Crippen LogP contribution in [0.3, 0.4) is 0 Å². The van der Waals surface area contributed by atoms with Crippen molar-refractivity contribution in [3.8, 4) is 0 Å². The van der Waals surface area contributed by atoms with E-state index in [2.05, 4.69) is 28.5 Å². The number of fused-ring (bicyclic) bond motifs is 1. The predicted octanol–water partition coefficient (Wildman–Crippen LogP) is 2.53. The van der Waals surface area contributed by atoms with Crippen LogP contribution in [-0.2, 0) is 4.74 Å². The van der Waals surface area contributed by atoms with Gasteiger partial charge in [0.15, 0.2) is 0 Å². The minimum atomic E-state index is 0.308. The topological polar surface area (TPSA) is 34.1 Å². The van der Waals surface area contributed by atoms with Gasteiger partial charge < -0.3 is 10.1 Å². The zero-order valence-corrected chi connectivity index (χ0v) is 10.3. The average Bonchev–Trinajstić information content (AvgIpc) is 2.40. The average molecular weight is 230 g/mol. The van der Waals surface area contributed by atoms with Gasteiger partial charge in [0.2, 0.25) is 0 Å². The fraction of sp³-hybridized carbons (Fsp3) is 0.357. The quantitative estimate of drug-likeness (QED) is 0.857. The lowest BCUT2D eigenvalue weighted by molar-refractivity contribution is 0.184. The number of ether oxygens (including phenoxy) is 1. The fourth-order valence-corrected chi connectivity index (χ4v) is 2.13. The van der Waals surface area contributed by atoms with Crippen LogP contribution in [0, 0.1) is 0 Å². The molecule has 1 aromatic carbocycles. The maximum absolute atomic E-state index is 5.15. The van der Waals surface area contributed by atoms with Crippen LogP contribution in [0.2, 0.25) is 0 Å². The lowest BCUT2D eigenvalue weighted by atomic mass is 9.98. The van der Waals surface area contributed by atoms with Crippen LogP contribution in [0.25, 0.3) is 10.8 Å². The summed E-state index contributed by atoms with van der Waals surface area (Å²) in [5.41, 5.74) is 1.29. The van der Waals surface area contributed by atoms with Crippen LogP contribution in [0.15, 0.2) is 36.7 Å². The Balaban J connectivity index is 2.38. The van der Waals surface area contributed by atoms with E-state index in [0.717, 1.165) is 13.0 Å². The molecule has 2 rings (SSSR count). The SMILES string of the molecule is CNC(CCOC)c1cccc2ccncc12. The van der Waals surface area contributed by atoms with Crippen molar-refractivity contribution in [2.75, 3.05) is 20.8 Å². The third-order valence-corrected chi connectivity index (χ3v) is 3.05. The first kappa shape index (κ1) is 12.0. The molecule has 0 aliphatic heterocycles. The van der Waals surface area contributed by atoms with Crippen LogP contribution in [-0.4, -0.2) is 25.7 Å². The number of nitrogens with one attached hydrogen (secondary N) is 1. The summed E-state index contributed by atoms with van der Waals surface area (Å²) in [6.07, 6.45) is 4.72. The minimum absolute atomic E-state index is 0.308. The van der Waals surface area contributed by atoms with Gasteiger partial charge in [-0.2, -0.15) is 0 Å². The van der Waals surface area contributed by atoms with E-state index in [4.69, 9.17) is 4.74 Å². The molecule has 2 aromatic rings. The van der Waals surface area contributed by atoms with Crippen LogP contribution >= 0.6 is 0 Å². The number of rotatable bonds is 5. The van der Waals surface area contributed by atoms with Gasteiger partial charge in [0, 0.05) is 37.5 Å². The Kier molecular flexibility index (Phi) is 4.07. The number of nitrogens with zero attached hydrogens (tertiary/aromatic N) is 1. The van der Waals surface area contributed by atoms with Crippen molar-refractivity contribution in [2.45, 2.75) is 12.5 Å². The summed E-state index contributed by atoms with van der Waals surface area (Å²) in [6, 6.07) is 8.71. The maximum Gasteiger partial charge on any atom is 0.0480 e. The van der Waals surface area contributed by atoms with Gasteiger partial charge in [-0.3, -0.25) is 4.98 Å². The lowest BCUT2D eigenvalue weighted by Crippen LogP contribution is -2.18. The maximum atomic E-state index is 5.15. The van der Waals surface area contributed by atoms with Gasteiger partial charge in [-0.25, -0.2) is 0 Å². The molecule has 0 saturated heterocycles. The molecule has 1 atom stereocenters. The van der Waals surface area contributed by atoms with Crippen molar-refractivity contribution in [1.82, 2.24) is 10.3 Å². The highest BCUT2D eigenvalue weighted by Crippen LogP contribution is 2.25. The minimum Gasteiger partial charge on any atom is -0.385 e. The van der Waals surface area contributed by atoms with Gasteiger partial charge in [0.05, 0.1) is 0 Å². The molecule has 3 nitrogen and oxygen atoms in total. The highest BCUT2D eigenvalue weighted by molar-refractivity contribution is 5.85. The zero-order chi connectivity index (χ0) is 12.1. The Bertz CT molecular complexity index is 479. The Hall–Kier alpha value is -1.45. The van der Waals surface area contributed by atoms with Gasteiger partial charge in [-0.05, 0) is 30.5 Å². The summed E-state index contributed by atoms with van der Waals surface area (Å²) in [5.74, 6) is 0. The third-order valence-electron chi connectivity index (χ3n) is 3.05. The number of hydrogen-bond donors (Lipinski definition) is 1. The number of methoxy groups -OCH3 is 1. The first-order valence-electron chi connectivity index (χ1n) is 5.85. The number of pyridine rings is 1. The molecule has 1 heterocycles. The molecule has 0 aliphatic rings. The summed E-state index contributed by atoms with van der Waals surface area (Å²) in [5, 5.41) is 5.78. The number of aromatic nitrogens is 1. The second-order valence-electron chi connectivity index (χ2n) is 4.07. The lowest BCUT2D eigenvalue weighted by Gasteiger charge is -2.18. The second kappa shape index (κ2) is 5.75. The normalized spacial score (nSPS) is 12.8. The van der Waals surface area contributed by atoms with Crippen LogP contribution in [0.5, 0.6) is 0 Å². The highest BCUT2D eigenvalue weighted by Gasteiger charge is 2.11. The van der Waals surface area contributed by atoms with Gasteiger partial charge >= 0.3 is 0 Å². The molecule has 1 aromatic heterocycles. The molecule has 3 heteroatoms. The van der Waals surface area contributed by atoms with E-state index in [-0.39, 0.29) is 0 Å². The van der Waals surface area contributed by atoms with E-state index in [1.165, 1.54) is 16.3 Å². The molecule has 0 bridgehead atoms. The summed E-state index contributed by atoms with van der Waals surface area (Å²) in [4.78, 5) is 4.21. The molecule has 0 fully saturated rings. The van der Waals surface area contributed by atoms with Gasteiger partial charge in [0.25, 0.3) is 0 Å². The van der Waals surface area contributed by atoms with Crippen LogP contribution < -0.4 is 5.32 Å². The zero-order valence-electron chi connectivity index (χ0n) is 10.3. The smallest absolute Gasteiger partial charge is 0.0480 e. The summed E-state index contributed by atoms with van der Waals surface area (Å²) in [7, 11) is 3.72. The third kappa shape index (κ3) is 2.62. The molecule has 0 spiro atoms. The Morgan fingerprint density at radius 3 is 3.00 bits per heavy atom. The first-order chi connectivity index (χ1) is 8.36. The van der Waals surface area contributed by atoms with E-state index < -0.39 is 0 Å². The first-order valence-corrected chi connectivity index (χ1v) is 5.85. The Morgan fingerprint density at radius 2 is 2.24 bits per heavy atom. The summed E-state index contributed by atoms with van der Waals surface area (Å²) in [6.45, 7) is 0.752. The van der Waals surface area contributed by atoms with Gasteiger partial charge in [0.1, 0.15) is 0 Å². The molecule has 1 unspecified atom stereocenters. The van der Waals surface area contributed by atoms with Gasteiger partial charge in [-0.15, -0.1) is 0 Å². The summed E-state index contributed by atoms with van der Waals surface area (Å²) < 4.78 is 5.15. The van der Waals surface area contributed by atoms with Crippen molar-refractivity contribution >= 4 is 10.8 Å². The molecule has 90 valence electrons. The fourth-order valence-electron chi connectivity index (χ4n) is 2.13. The number of benzene rings is 1. The molecule has 0 radical (unpaired) electrons. The Labute approximate surface area is 102 Å².